The second-order valence-corrected chi connectivity index (χ2v) is 8.13. The van der Waals surface area contributed by atoms with Gasteiger partial charge in [0.15, 0.2) is 0 Å². The van der Waals surface area contributed by atoms with Crippen molar-refractivity contribution in [2.45, 2.75) is 31.8 Å². The summed E-state index contributed by atoms with van der Waals surface area (Å²) < 4.78 is 13.1. The molecule has 1 aliphatic carbocycles. The minimum absolute atomic E-state index is 0.0255. The summed E-state index contributed by atoms with van der Waals surface area (Å²) in [5, 5.41) is 16.2. The average molecular weight is 446 g/mol. The van der Waals surface area contributed by atoms with E-state index in [1.54, 1.807) is 17.1 Å². The minimum Gasteiger partial charge on any atom is -0.489 e. The van der Waals surface area contributed by atoms with Crippen LogP contribution in [0.15, 0.2) is 55.0 Å². The van der Waals surface area contributed by atoms with E-state index in [4.69, 9.17) is 9.47 Å². The summed E-state index contributed by atoms with van der Waals surface area (Å²) in [7, 11) is 1.89. The highest BCUT2D eigenvalue weighted by Gasteiger charge is 2.29. The maximum atomic E-state index is 11.9. The lowest BCUT2D eigenvalue weighted by molar-refractivity contribution is -0.117. The summed E-state index contributed by atoms with van der Waals surface area (Å²) in [5.41, 5.74) is 2.28. The monoisotopic (exact) mass is 445 g/mol. The average Bonchev–Trinajstić information content (AvgIpc) is 3.60. The summed E-state index contributed by atoms with van der Waals surface area (Å²) >= 11 is 0. The molecule has 1 N–H and O–H groups in total. The Morgan fingerprint density at radius 2 is 1.94 bits per heavy atom. The topological polar surface area (TPSA) is 102 Å². The largest absolute Gasteiger partial charge is 0.489 e. The van der Waals surface area contributed by atoms with Crippen LogP contribution in [0.1, 0.15) is 31.2 Å². The van der Waals surface area contributed by atoms with Gasteiger partial charge < -0.3 is 14.8 Å². The van der Waals surface area contributed by atoms with E-state index >= 15 is 0 Å². The van der Waals surface area contributed by atoms with E-state index in [9.17, 15) is 10.1 Å². The predicted octanol–water partition coefficient (Wildman–Crippen LogP) is 3.95. The summed E-state index contributed by atoms with van der Waals surface area (Å²) in [6.07, 6.45) is 8.96. The molecule has 8 nitrogen and oxygen atoms in total. The first-order valence-electron chi connectivity index (χ1n) is 11.1. The van der Waals surface area contributed by atoms with E-state index in [1.165, 1.54) is 0 Å². The van der Waals surface area contributed by atoms with Gasteiger partial charge in [0, 0.05) is 44.4 Å². The van der Waals surface area contributed by atoms with Crippen molar-refractivity contribution in [1.82, 2.24) is 14.8 Å². The molecule has 0 bridgehead atoms. The number of hydrogen-bond acceptors (Lipinski definition) is 6. The first-order valence-corrected chi connectivity index (χ1v) is 11.1. The van der Waals surface area contributed by atoms with Gasteiger partial charge in [-0.2, -0.15) is 10.4 Å². The molecule has 8 heteroatoms. The van der Waals surface area contributed by atoms with Gasteiger partial charge in [-0.3, -0.25) is 9.48 Å². The number of aromatic nitrogens is 3. The van der Waals surface area contributed by atoms with Crippen LogP contribution in [-0.2, 0) is 16.6 Å². The zero-order valence-corrected chi connectivity index (χ0v) is 18.6. The van der Waals surface area contributed by atoms with E-state index < -0.39 is 0 Å². The van der Waals surface area contributed by atoms with Gasteiger partial charge in [0.05, 0.1) is 18.8 Å². The third-order valence-corrected chi connectivity index (χ3v) is 5.49. The number of pyridine rings is 1. The van der Waals surface area contributed by atoms with Crippen LogP contribution in [0.25, 0.3) is 11.1 Å². The van der Waals surface area contributed by atoms with E-state index in [2.05, 4.69) is 21.5 Å². The van der Waals surface area contributed by atoms with Gasteiger partial charge in [-0.1, -0.05) is 6.07 Å². The molecule has 2 aliphatic rings. The van der Waals surface area contributed by atoms with Crippen LogP contribution < -0.4 is 10.1 Å². The lowest BCUT2D eigenvalue weighted by Crippen LogP contribution is -2.26. The molecule has 3 heterocycles. The number of amides is 1. The Kier molecular flexibility index (Phi) is 7.33. The fourth-order valence-electron chi connectivity index (χ4n) is 3.47. The van der Waals surface area contributed by atoms with E-state index in [0.717, 1.165) is 36.8 Å². The van der Waals surface area contributed by atoms with Gasteiger partial charge >= 0.3 is 0 Å². The maximum Gasteiger partial charge on any atom is 0.228 e. The Hall–Kier alpha value is -3.70. The smallest absolute Gasteiger partial charge is 0.228 e. The van der Waals surface area contributed by atoms with Crippen molar-refractivity contribution in [3.8, 4) is 22.9 Å². The number of carbonyl (C=O) groups is 1. The molecular formula is C25H27N5O3. The van der Waals surface area contributed by atoms with Crippen LogP contribution in [0.3, 0.4) is 0 Å². The second kappa shape index (κ2) is 10.7. The molecule has 0 unspecified atom stereocenters. The zero-order chi connectivity index (χ0) is 23.0. The van der Waals surface area contributed by atoms with Crippen molar-refractivity contribution >= 4 is 11.7 Å². The molecule has 1 aromatic carbocycles. The van der Waals surface area contributed by atoms with E-state index in [0.29, 0.717) is 30.3 Å². The van der Waals surface area contributed by atoms with E-state index in [-0.39, 0.29) is 17.9 Å². The van der Waals surface area contributed by atoms with E-state index in [1.807, 2.05) is 49.6 Å². The lowest BCUT2D eigenvalue weighted by atomic mass is 10.0. The Bertz CT molecular complexity index is 1110. The number of nitrogens with zero attached hydrogens (tertiary/aromatic N) is 4. The molecule has 3 aromatic rings. The number of aryl methyl sites for hydroxylation is 1. The number of nitrogens with one attached hydrogen (secondary N) is 1. The number of carbonyl (C=O) groups excluding carboxylic acids is 1. The highest BCUT2D eigenvalue weighted by atomic mass is 16.5. The molecule has 2 fully saturated rings. The van der Waals surface area contributed by atoms with Crippen LogP contribution in [0.4, 0.5) is 5.82 Å². The fraction of sp³-hybridized carbons (Fsp3) is 0.360. The molecule has 2 aromatic heterocycles. The van der Waals surface area contributed by atoms with Gasteiger partial charge in [0.25, 0.3) is 0 Å². The lowest BCUT2D eigenvalue weighted by Gasteiger charge is -2.23. The normalized spacial score (nSPS) is 15.6. The van der Waals surface area contributed by atoms with Crippen LogP contribution in [0.2, 0.25) is 0 Å². The molecule has 33 heavy (non-hydrogen) atoms. The van der Waals surface area contributed by atoms with Crippen molar-refractivity contribution in [3.63, 3.8) is 0 Å². The van der Waals surface area contributed by atoms with Gasteiger partial charge in [-0.05, 0) is 54.3 Å². The molecule has 1 saturated carbocycles. The molecule has 1 amide bonds. The minimum atomic E-state index is 0.0255. The molecular weight excluding hydrogens is 418 g/mol. The highest BCUT2D eigenvalue weighted by molar-refractivity contribution is 5.93. The fourth-order valence-corrected chi connectivity index (χ4v) is 3.47. The van der Waals surface area contributed by atoms with Crippen molar-refractivity contribution in [2.75, 3.05) is 18.5 Å². The zero-order valence-electron chi connectivity index (χ0n) is 18.6. The Morgan fingerprint density at radius 1 is 1.15 bits per heavy atom. The third kappa shape index (κ3) is 6.40. The van der Waals surface area contributed by atoms with Crippen LogP contribution >= 0.6 is 0 Å². The Labute approximate surface area is 193 Å². The predicted molar refractivity (Wildman–Crippen MR) is 123 cm³/mol. The molecule has 0 radical (unpaired) electrons. The second-order valence-electron chi connectivity index (χ2n) is 8.13. The first kappa shape index (κ1) is 22.5. The van der Waals surface area contributed by atoms with Crippen LogP contribution in [0.5, 0.6) is 5.75 Å². The van der Waals surface area contributed by atoms with Gasteiger partial charge in [-0.15, -0.1) is 0 Å². The number of hydrogen-bond donors (Lipinski definition) is 1. The summed E-state index contributed by atoms with van der Waals surface area (Å²) in [6, 6.07) is 13.4. The first-order chi connectivity index (χ1) is 16.1. The highest BCUT2D eigenvalue weighted by Crippen LogP contribution is 2.31. The SMILES string of the molecule is Cn1cccn1.N#Cc1cc(-c2ccnc(NC(=O)C3CC3)c2)ccc1OC1CCOCC1. The maximum absolute atomic E-state index is 11.9. The molecule has 0 atom stereocenters. The van der Waals surface area contributed by atoms with Crippen molar-refractivity contribution in [3.05, 3.63) is 60.6 Å². The van der Waals surface area contributed by atoms with Gasteiger partial charge in [-0.25, -0.2) is 4.98 Å². The number of ether oxygens (including phenoxy) is 2. The molecule has 0 spiro atoms. The molecule has 1 saturated heterocycles. The van der Waals surface area contributed by atoms with Crippen molar-refractivity contribution in [1.29, 1.82) is 5.26 Å². The summed E-state index contributed by atoms with van der Waals surface area (Å²) in [4.78, 5) is 16.2. The molecule has 1 aliphatic heterocycles. The van der Waals surface area contributed by atoms with Gasteiger partial charge in [0.1, 0.15) is 23.7 Å². The quantitative estimate of drug-likeness (QED) is 0.638. The number of anilines is 1. The Morgan fingerprint density at radius 3 is 2.58 bits per heavy atom. The van der Waals surface area contributed by atoms with Gasteiger partial charge in [0.2, 0.25) is 5.91 Å². The Balaban J connectivity index is 0.000000376. The standard InChI is InChI=1S/C21H21N3O3.C4H6N2/c22-13-17-11-15(3-4-19(17)27-18-6-9-26-10-7-18)16-5-8-23-20(12-16)24-21(25)14-1-2-14;1-6-4-2-3-5-6/h3-5,8,11-12,14,18H,1-2,6-7,9-10H2,(H,23,24,25);2-4H,1H3. The van der Waals surface area contributed by atoms with Crippen LogP contribution in [0, 0.1) is 17.2 Å². The third-order valence-electron chi connectivity index (χ3n) is 5.49. The van der Waals surface area contributed by atoms with Crippen LogP contribution in [-0.4, -0.2) is 40.0 Å². The number of benzene rings is 1. The number of rotatable bonds is 5. The summed E-state index contributed by atoms with van der Waals surface area (Å²) in [6.45, 7) is 1.38. The van der Waals surface area contributed by atoms with Crippen molar-refractivity contribution < 1.29 is 14.3 Å². The van der Waals surface area contributed by atoms with Crippen molar-refractivity contribution in [2.24, 2.45) is 13.0 Å². The molecule has 170 valence electrons. The summed E-state index contributed by atoms with van der Waals surface area (Å²) in [5.74, 6) is 1.29. The molecule has 5 rings (SSSR count). The number of nitriles is 1.